The molecule has 0 spiro atoms. The van der Waals surface area contributed by atoms with Gasteiger partial charge in [-0.05, 0) is 13.0 Å². The highest BCUT2D eigenvalue weighted by atomic mass is 19.4. The zero-order chi connectivity index (χ0) is 13.9. The van der Waals surface area contributed by atoms with Gasteiger partial charge >= 0.3 is 12.3 Å². The number of carbonyl (C=O) groups is 1. The summed E-state index contributed by atoms with van der Waals surface area (Å²) >= 11 is 0. The molecule has 0 aliphatic heterocycles. The molecule has 5 nitrogen and oxygen atoms in total. The lowest BCUT2D eigenvalue weighted by Crippen LogP contribution is -2.20. The summed E-state index contributed by atoms with van der Waals surface area (Å²) in [5.41, 5.74) is 5.38. The van der Waals surface area contributed by atoms with E-state index in [0.717, 1.165) is 7.11 Å². The highest BCUT2D eigenvalue weighted by Crippen LogP contribution is 2.26. The Bertz CT molecular complexity index is 460. The Balaban J connectivity index is 3.22. The number of rotatable bonds is 3. The molecule has 0 amide bonds. The Hall–Kier alpha value is -1.83. The molecular formula is C10H11F3N2O3. The second-order valence-corrected chi connectivity index (χ2v) is 3.35. The largest absolute Gasteiger partial charge is 0.574 e. The molecule has 0 saturated heterocycles. The molecule has 0 bridgehead atoms. The molecule has 0 fully saturated rings. The Morgan fingerprint density at radius 2 is 2.11 bits per heavy atom. The normalized spacial score (nSPS) is 11.2. The van der Waals surface area contributed by atoms with Gasteiger partial charge in [-0.3, -0.25) is 0 Å². The number of pyridine rings is 1. The van der Waals surface area contributed by atoms with Crippen molar-refractivity contribution in [1.29, 1.82) is 0 Å². The smallest absolute Gasteiger partial charge is 0.465 e. The number of hydrogen-bond acceptors (Lipinski definition) is 5. The topological polar surface area (TPSA) is 74.4 Å². The first-order chi connectivity index (χ1) is 8.28. The van der Waals surface area contributed by atoms with E-state index < -0.39 is 18.2 Å². The van der Waals surface area contributed by atoms with E-state index in [-0.39, 0.29) is 23.4 Å². The number of nitrogens with zero attached hydrogens (tertiary/aromatic N) is 1. The summed E-state index contributed by atoms with van der Waals surface area (Å²) in [5, 5.41) is 0. The van der Waals surface area contributed by atoms with Crippen LogP contribution in [-0.4, -0.2) is 24.4 Å². The van der Waals surface area contributed by atoms with Crippen molar-refractivity contribution >= 4 is 5.97 Å². The van der Waals surface area contributed by atoms with Crippen molar-refractivity contribution in [3.63, 3.8) is 0 Å². The molecule has 0 aromatic carbocycles. The lowest BCUT2D eigenvalue weighted by Gasteiger charge is -2.13. The lowest BCUT2D eigenvalue weighted by atomic mass is 10.1. The summed E-state index contributed by atoms with van der Waals surface area (Å²) in [6.07, 6.45) is -4.85. The molecule has 1 heterocycles. The number of nitrogens with two attached hydrogens (primary N) is 1. The molecule has 0 aliphatic carbocycles. The number of esters is 1. The zero-order valence-electron chi connectivity index (χ0n) is 9.67. The van der Waals surface area contributed by atoms with Gasteiger partial charge in [0, 0.05) is 12.1 Å². The maximum absolute atomic E-state index is 12.1. The summed E-state index contributed by atoms with van der Waals surface area (Å²) in [6.45, 7) is 1.12. The SMILES string of the molecule is COC(=O)c1cc(C)c(OC(F)(F)F)nc1CN. The molecule has 8 heteroatoms. The van der Waals surface area contributed by atoms with Gasteiger partial charge in [-0.25, -0.2) is 9.78 Å². The summed E-state index contributed by atoms with van der Waals surface area (Å²) < 4.78 is 44.5. The fraction of sp³-hybridized carbons (Fsp3) is 0.400. The number of carbonyl (C=O) groups excluding carboxylic acids is 1. The van der Waals surface area contributed by atoms with Gasteiger partial charge in [0.2, 0.25) is 5.88 Å². The van der Waals surface area contributed by atoms with E-state index in [1.807, 2.05) is 0 Å². The number of aromatic nitrogens is 1. The molecule has 18 heavy (non-hydrogen) atoms. The first-order valence-electron chi connectivity index (χ1n) is 4.83. The van der Waals surface area contributed by atoms with Gasteiger partial charge in [-0.15, -0.1) is 13.2 Å². The van der Waals surface area contributed by atoms with Crippen LogP contribution in [0, 0.1) is 6.92 Å². The van der Waals surface area contributed by atoms with Crippen molar-refractivity contribution in [2.45, 2.75) is 19.8 Å². The summed E-state index contributed by atoms with van der Waals surface area (Å²) in [4.78, 5) is 14.9. The molecule has 0 aliphatic rings. The van der Waals surface area contributed by atoms with E-state index >= 15 is 0 Å². The molecule has 1 aromatic heterocycles. The fourth-order valence-corrected chi connectivity index (χ4v) is 1.29. The van der Waals surface area contributed by atoms with Crippen LogP contribution in [0.5, 0.6) is 5.88 Å². The monoisotopic (exact) mass is 264 g/mol. The molecule has 0 saturated carbocycles. The second kappa shape index (κ2) is 5.21. The predicted molar refractivity (Wildman–Crippen MR) is 54.9 cm³/mol. The van der Waals surface area contributed by atoms with Crippen molar-refractivity contribution in [1.82, 2.24) is 4.98 Å². The maximum atomic E-state index is 12.1. The van der Waals surface area contributed by atoms with Gasteiger partial charge in [0.25, 0.3) is 0 Å². The molecule has 100 valence electrons. The van der Waals surface area contributed by atoms with Gasteiger partial charge < -0.3 is 15.2 Å². The molecular weight excluding hydrogens is 253 g/mol. The minimum Gasteiger partial charge on any atom is -0.465 e. The third kappa shape index (κ3) is 3.33. The van der Waals surface area contributed by atoms with Gasteiger partial charge in [0.05, 0.1) is 18.4 Å². The van der Waals surface area contributed by atoms with Gasteiger partial charge in [0.1, 0.15) is 0 Å². The van der Waals surface area contributed by atoms with Crippen LogP contribution in [0.1, 0.15) is 21.6 Å². The first kappa shape index (κ1) is 14.2. The molecule has 0 radical (unpaired) electrons. The van der Waals surface area contributed by atoms with Crippen LogP contribution in [0.25, 0.3) is 0 Å². The summed E-state index contributed by atoms with van der Waals surface area (Å²) in [7, 11) is 1.15. The van der Waals surface area contributed by atoms with E-state index in [0.29, 0.717) is 0 Å². The summed E-state index contributed by atoms with van der Waals surface area (Å²) in [5.74, 6) is -1.35. The van der Waals surface area contributed by atoms with Crippen LogP contribution in [0.15, 0.2) is 6.07 Å². The number of hydrogen-bond donors (Lipinski definition) is 1. The van der Waals surface area contributed by atoms with Gasteiger partial charge in [-0.1, -0.05) is 0 Å². The number of halogens is 3. The van der Waals surface area contributed by atoms with Gasteiger partial charge in [-0.2, -0.15) is 0 Å². The summed E-state index contributed by atoms with van der Waals surface area (Å²) in [6, 6.07) is 1.20. The van der Waals surface area contributed by atoms with Crippen LogP contribution in [0.2, 0.25) is 0 Å². The maximum Gasteiger partial charge on any atom is 0.574 e. The quantitative estimate of drug-likeness (QED) is 0.838. The minimum atomic E-state index is -4.85. The average molecular weight is 264 g/mol. The van der Waals surface area contributed by atoms with Crippen LogP contribution in [0.3, 0.4) is 0 Å². The third-order valence-electron chi connectivity index (χ3n) is 2.06. The molecule has 2 N–H and O–H groups in total. The van der Waals surface area contributed by atoms with E-state index in [1.165, 1.54) is 13.0 Å². The Labute approximate surface area is 101 Å². The lowest BCUT2D eigenvalue weighted by molar-refractivity contribution is -0.276. The Morgan fingerprint density at radius 3 is 2.56 bits per heavy atom. The standard InChI is InChI=1S/C10H11F3N2O3/c1-5-3-6(9(16)17-2)7(4-14)15-8(5)18-10(11,12)13/h3H,4,14H2,1-2H3. The minimum absolute atomic E-state index is 0.0204. The number of alkyl halides is 3. The van der Waals surface area contributed by atoms with Crippen LogP contribution in [0.4, 0.5) is 13.2 Å². The molecule has 0 unspecified atom stereocenters. The van der Waals surface area contributed by atoms with Gasteiger partial charge in [0.15, 0.2) is 0 Å². The van der Waals surface area contributed by atoms with E-state index in [2.05, 4.69) is 14.5 Å². The highest BCUT2D eigenvalue weighted by molar-refractivity contribution is 5.90. The van der Waals surface area contributed by atoms with Crippen LogP contribution < -0.4 is 10.5 Å². The van der Waals surface area contributed by atoms with Crippen molar-refractivity contribution in [2.24, 2.45) is 5.73 Å². The van der Waals surface area contributed by atoms with E-state index in [1.54, 1.807) is 0 Å². The number of aryl methyl sites for hydroxylation is 1. The van der Waals surface area contributed by atoms with Crippen molar-refractivity contribution in [2.75, 3.05) is 7.11 Å². The van der Waals surface area contributed by atoms with Crippen molar-refractivity contribution in [3.05, 3.63) is 22.9 Å². The van der Waals surface area contributed by atoms with Crippen molar-refractivity contribution < 1.29 is 27.4 Å². The average Bonchev–Trinajstić information content (AvgIpc) is 2.28. The number of methoxy groups -OCH3 is 1. The molecule has 1 rings (SSSR count). The zero-order valence-corrected chi connectivity index (χ0v) is 9.67. The predicted octanol–water partition coefficient (Wildman–Crippen LogP) is 1.53. The third-order valence-corrected chi connectivity index (χ3v) is 2.06. The highest BCUT2D eigenvalue weighted by Gasteiger charge is 2.33. The molecule has 1 aromatic rings. The Kier molecular flexibility index (Phi) is 4.12. The first-order valence-corrected chi connectivity index (χ1v) is 4.83. The van der Waals surface area contributed by atoms with Crippen LogP contribution >= 0.6 is 0 Å². The van der Waals surface area contributed by atoms with Crippen LogP contribution in [-0.2, 0) is 11.3 Å². The van der Waals surface area contributed by atoms with E-state index in [9.17, 15) is 18.0 Å². The molecule has 0 atom stereocenters. The van der Waals surface area contributed by atoms with E-state index in [4.69, 9.17) is 5.73 Å². The second-order valence-electron chi connectivity index (χ2n) is 3.35. The number of ether oxygens (including phenoxy) is 2. The fourth-order valence-electron chi connectivity index (χ4n) is 1.29. The Morgan fingerprint density at radius 1 is 1.50 bits per heavy atom. The van der Waals surface area contributed by atoms with Crippen molar-refractivity contribution in [3.8, 4) is 5.88 Å².